The molecule has 1 rings (SSSR count). The molecule has 1 aliphatic rings. The standard InChI is InChI=1S/C12H25NO2S/c1-3-13-11-12(7-5-8-12)9-6-10-16(14,15)4-2/h13H,3-11H2,1-2H3. The quantitative estimate of drug-likeness (QED) is 0.713. The van der Waals surface area contributed by atoms with Crippen LogP contribution in [0.3, 0.4) is 0 Å². The molecule has 0 heterocycles. The zero-order chi connectivity index (χ0) is 12.1. The summed E-state index contributed by atoms with van der Waals surface area (Å²) in [6.45, 7) is 5.92. The molecule has 0 aromatic carbocycles. The van der Waals surface area contributed by atoms with Crippen LogP contribution in [0, 0.1) is 5.41 Å². The third kappa shape index (κ3) is 4.06. The minimum absolute atomic E-state index is 0.285. The van der Waals surface area contributed by atoms with E-state index in [0.29, 0.717) is 11.2 Å². The Morgan fingerprint density at radius 2 is 1.94 bits per heavy atom. The van der Waals surface area contributed by atoms with E-state index >= 15 is 0 Å². The summed E-state index contributed by atoms with van der Waals surface area (Å²) in [6, 6.07) is 0. The van der Waals surface area contributed by atoms with Gasteiger partial charge in [-0.1, -0.05) is 20.3 Å². The molecular weight excluding hydrogens is 222 g/mol. The summed E-state index contributed by atoms with van der Waals surface area (Å²) in [4.78, 5) is 0. The molecule has 1 fully saturated rings. The molecule has 0 atom stereocenters. The van der Waals surface area contributed by atoms with Crippen LogP contribution in [0.1, 0.15) is 46.0 Å². The van der Waals surface area contributed by atoms with Crippen molar-refractivity contribution < 1.29 is 8.42 Å². The fourth-order valence-corrected chi connectivity index (χ4v) is 3.27. The van der Waals surface area contributed by atoms with Gasteiger partial charge >= 0.3 is 0 Å². The molecule has 3 nitrogen and oxygen atoms in total. The summed E-state index contributed by atoms with van der Waals surface area (Å²) in [5, 5.41) is 3.40. The van der Waals surface area contributed by atoms with Crippen molar-refractivity contribution in [1.82, 2.24) is 5.32 Å². The van der Waals surface area contributed by atoms with E-state index in [-0.39, 0.29) is 5.75 Å². The highest BCUT2D eigenvalue weighted by molar-refractivity contribution is 7.91. The van der Waals surface area contributed by atoms with Gasteiger partial charge in [0.15, 0.2) is 0 Å². The maximum Gasteiger partial charge on any atom is 0.150 e. The first-order valence-electron chi connectivity index (χ1n) is 6.45. The van der Waals surface area contributed by atoms with Crippen LogP contribution in [0.5, 0.6) is 0 Å². The lowest BCUT2D eigenvalue weighted by atomic mass is 9.66. The Labute approximate surface area is 99.9 Å². The Kier molecular flexibility index (Phi) is 5.25. The molecule has 0 radical (unpaired) electrons. The predicted molar refractivity (Wildman–Crippen MR) is 68.4 cm³/mol. The van der Waals surface area contributed by atoms with Crippen LogP contribution >= 0.6 is 0 Å². The Morgan fingerprint density at radius 1 is 1.25 bits per heavy atom. The van der Waals surface area contributed by atoms with Gasteiger partial charge < -0.3 is 5.32 Å². The van der Waals surface area contributed by atoms with Gasteiger partial charge in [0.05, 0.1) is 5.75 Å². The molecule has 96 valence electrons. The number of sulfone groups is 1. The molecule has 0 aliphatic heterocycles. The molecule has 1 N–H and O–H groups in total. The van der Waals surface area contributed by atoms with Crippen molar-refractivity contribution in [2.24, 2.45) is 5.41 Å². The van der Waals surface area contributed by atoms with Crippen molar-refractivity contribution >= 4 is 9.84 Å². The highest BCUT2D eigenvalue weighted by Gasteiger charge is 2.35. The Balaban J connectivity index is 2.29. The third-order valence-electron chi connectivity index (χ3n) is 3.77. The zero-order valence-electron chi connectivity index (χ0n) is 10.6. The Bertz CT molecular complexity index is 294. The number of nitrogens with one attached hydrogen (secondary N) is 1. The zero-order valence-corrected chi connectivity index (χ0v) is 11.4. The van der Waals surface area contributed by atoms with Crippen molar-refractivity contribution in [3.63, 3.8) is 0 Å². The maximum absolute atomic E-state index is 11.4. The second-order valence-electron chi connectivity index (χ2n) is 4.97. The smallest absolute Gasteiger partial charge is 0.150 e. The van der Waals surface area contributed by atoms with Crippen LogP contribution in [0.2, 0.25) is 0 Å². The van der Waals surface area contributed by atoms with Crippen molar-refractivity contribution in [3.05, 3.63) is 0 Å². The molecule has 0 spiro atoms. The molecule has 0 amide bonds. The van der Waals surface area contributed by atoms with Crippen LogP contribution in [0.25, 0.3) is 0 Å². The van der Waals surface area contributed by atoms with E-state index in [0.717, 1.165) is 25.9 Å². The summed E-state index contributed by atoms with van der Waals surface area (Å²) in [5.41, 5.74) is 0.416. The van der Waals surface area contributed by atoms with E-state index in [9.17, 15) is 8.42 Å². The van der Waals surface area contributed by atoms with Crippen LogP contribution in [0.4, 0.5) is 0 Å². The normalized spacial score (nSPS) is 19.4. The van der Waals surface area contributed by atoms with E-state index in [1.54, 1.807) is 6.92 Å². The second-order valence-corrected chi connectivity index (χ2v) is 7.45. The summed E-state index contributed by atoms with van der Waals surface area (Å²) in [5.74, 6) is 0.657. The van der Waals surface area contributed by atoms with Crippen molar-refractivity contribution in [3.8, 4) is 0 Å². The molecule has 4 heteroatoms. The molecule has 0 aromatic heterocycles. The first kappa shape index (κ1) is 14.0. The molecule has 16 heavy (non-hydrogen) atoms. The van der Waals surface area contributed by atoms with Gasteiger partial charge in [-0.3, -0.25) is 0 Å². The van der Waals surface area contributed by atoms with Crippen LogP contribution in [-0.2, 0) is 9.84 Å². The van der Waals surface area contributed by atoms with Crippen molar-refractivity contribution in [1.29, 1.82) is 0 Å². The Hall–Kier alpha value is -0.0900. The van der Waals surface area contributed by atoms with Gasteiger partial charge in [-0.2, -0.15) is 0 Å². The van der Waals surface area contributed by atoms with E-state index < -0.39 is 9.84 Å². The van der Waals surface area contributed by atoms with E-state index in [2.05, 4.69) is 12.2 Å². The van der Waals surface area contributed by atoms with Gasteiger partial charge in [0.2, 0.25) is 0 Å². The fraction of sp³-hybridized carbons (Fsp3) is 1.00. The fourth-order valence-electron chi connectivity index (χ4n) is 2.39. The van der Waals surface area contributed by atoms with Crippen molar-refractivity contribution in [2.45, 2.75) is 46.0 Å². The van der Waals surface area contributed by atoms with Gasteiger partial charge in [-0.15, -0.1) is 0 Å². The SMILES string of the molecule is CCNCC1(CCCS(=O)(=O)CC)CCC1. The molecule has 0 aromatic rings. The van der Waals surface area contributed by atoms with Crippen LogP contribution < -0.4 is 5.32 Å². The molecule has 0 unspecified atom stereocenters. The highest BCUT2D eigenvalue weighted by atomic mass is 32.2. The topological polar surface area (TPSA) is 46.2 Å². The Morgan fingerprint density at radius 3 is 2.38 bits per heavy atom. The predicted octanol–water partition coefficient (Wildman–Crippen LogP) is 1.98. The summed E-state index contributed by atoms with van der Waals surface area (Å²) >= 11 is 0. The minimum Gasteiger partial charge on any atom is -0.316 e. The van der Waals surface area contributed by atoms with E-state index in [1.807, 2.05) is 0 Å². The highest BCUT2D eigenvalue weighted by Crippen LogP contribution is 2.44. The summed E-state index contributed by atoms with van der Waals surface area (Å²) in [6.07, 6.45) is 5.76. The lowest BCUT2D eigenvalue weighted by molar-refractivity contribution is 0.117. The average Bonchev–Trinajstić information content (AvgIpc) is 2.21. The van der Waals surface area contributed by atoms with E-state index in [1.165, 1.54) is 19.3 Å². The van der Waals surface area contributed by atoms with Gasteiger partial charge in [-0.25, -0.2) is 8.42 Å². The van der Waals surface area contributed by atoms with Crippen molar-refractivity contribution in [2.75, 3.05) is 24.6 Å². The molecule has 0 saturated heterocycles. The monoisotopic (exact) mass is 247 g/mol. The van der Waals surface area contributed by atoms with Crippen LogP contribution in [0.15, 0.2) is 0 Å². The first-order chi connectivity index (χ1) is 7.54. The lowest BCUT2D eigenvalue weighted by Crippen LogP contribution is -2.40. The summed E-state index contributed by atoms with van der Waals surface area (Å²) in [7, 11) is -2.77. The van der Waals surface area contributed by atoms with Gasteiger partial charge in [0, 0.05) is 12.3 Å². The van der Waals surface area contributed by atoms with E-state index in [4.69, 9.17) is 0 Å². The summed E-state index contributed by atoms with van der Waals surface area (Å²) < 4.78 is 22.8. The molecule has 1 saturated carbocycles. The van der Waals surface area contributed by atoms with Crippen LogP contribution in [-0.4, -0.2) is 33.0 Å². The van der Waals surface area contributed by atoms with Gasteiger partial charge in [0.1, 0.15) is 9.84 Å². The second kappa shape index (κ2) is 6.01. The number of rotatable bonds is 8. The largest absolute Gasteiger partial charge is 0.316 e. The lowest BCUT2D eigenvalue weighted by Gasteiger charge is -2.42. The molecular formula is C12H25NO2S. The number of hydrogen-bond acceptors (Lipinski definition) is 3. The van der Waals surface area contributed by atoms with Gasteiger partial charge in [0.25, 0.3) is 0 Å². The third-order valence-corrected chi connectivity index (χ3v) is 5.56. The minimum atomic E-state index is -2.77. The van der Waals surface area contributed by atoms with Gasteiger partial charge in [-0.05, 0) is 37.6 Å². The molecule has 0 bridgehead atoms. The average molecular weight is 247 g/mol. The maximum atomic E-state index is 11.4. The number of hydrogen-bond donors (Lipinski definition) is 1. The first-order valence-corrected chi connectivity index (χ1v) is 8.27. The molecule has 1 aliphatic carbocycles.